The Labute approximate surface area is 183 Å². The fourth-order valence-electron chi connectivity index (χ4n) is 2.85. The average molecular weight is 502 g/mol. The number of alkyl halides is 3. The number of carboxylic acid groups (broad SMARTS) is 2. The number of nitrogens with zero attached hydrogens (tertiary/aromatic N) is 1. The van der Waals surface area contributed by atoms with E-state index in [0.29, 0.717) is 11.5 Å². The number of benzene rings is 2. The Balaban J connectivity index is 0.000000423. The lowest BCUT2D eigenvalue weighted by atomic mass is 9.97. The highest BCUT2D eigenvalue weighted by Crippen LogP contribution is 2.31. The van der Waals surface area contributed by atoms with E-state index in [-0.39, 0.29) is 5.56 Å². The molecule has 0 spiro atoms. The zero-order valence-corrected chi connectivity index (χ0v) is 17.8. The molecule has 31 heavy (non-hydrogen) atoms. The van der Waals surface area contributed by atoms with Crippen LogP contribution in [0.5, 0.6) is 0 Å². The minimum absolute atomic E-state index is 0.227. The summed E-state index contributed by atoms with van der Waals surface area (Å²) in [6, 6.07) is 13.0. The van der Waals surface area contributed by atoms with Crippen molar-refractivity contribution in [2.24, 2.45) is 10.7 Å². The number of carbonyl (C=O) groups is 2. The molecule has 0 fully saturated rings. The number of amidine groups is 1. The minimum atomic E-state index is -5.08. The molecule has 1 unspecified atom stereocenters. The van der Waals surface area contributed by atoms with Gasteiger partial charge < -0.3 is 21.3 Å². The Hall–Kier alpha value is -3.08. The number of fused-ring (bicyclic) bond motifs is 1. The van der Waals surface area contributed by atoms with Gasteiger partial charge >= 0.3 is 18.1 Å². The molecule has 1 heterocycles. The summed E-state index contributed by atoms with van der Waals surface area (Å²) in [7, 11) is 0. The number of aromatic carboxylic acids is 1. The zero-order chi connectivity index (χ0) is 23.4. The lowest BCUT2D eigenvalue weighted by Crippen LogP contribution is -2.40. The van der Waals surface area contributed by atoms with Crippen molar-refractivity contribution in [3.8, 4) is 0 Å². The molecule has 166 valence electrons. The largest absolute Gasteiger partial charge is 0.490 e. The van der Waals surface area contributed by atoms with Crippen LogP contribution >= 0.6 is 15.9 Å². The van der Waals surface area contributed by atoms with E-state index in [2.05, 4.69) is 38.4 Å². The number of aryl methyl sites for hydroxylation is 1. The van der Waals surface area contributed by atoms with Gasteiger partial charge in [0.25, 0.3) is 0 Å². The third-order valence-electron chi connectivity index (χ3n) is 4.35. The topological polar surface area (TPSA) is 125 Å². The number of carboxylic acids is 2. The molecule has 1 aliphatic heterocycles. The Kier molecular flexibility index (Phi) is 7.32. The summed E-state index contributed by atoms with van der Waals surface area (Å²) < 4.78 is 32.8. The van der Waals surface area contributed by atoms with Crippen molar-refractivity contribution in [1.82, 2.24) is 0 Å². The molecule has 0 aliphatic carbocycles. The van der Waals surface area contributed by atoms with Crippen LogP contribution in [0.15, 0.2) is 51.9 Å². The monoisotopic (exact) mass is 501 g/mol. The quantitative estimate of drug-likeness (QED) is 0.495. The van der Waals surface area contributed by atoms with E-state index < -0.39 is 23.8 Å². The first kappa shape index (κ1) is 24.2. The van der Waals surface area contributed by atoms with Gasteiger partial charge in [0.1, 0.15) is 11.5 Å². The number of hydrogen-bond donors (Lipinski definition) is 4. The summed E-state index contributed by atoms with van der Waals surface area (Å²) in [5.41, 5.74) is 8.39. The van der Waals surface area contributed by atoms with Crippen LogP contribution in [0, 0.1) is 0 Å². The van der Waals surface area contributed by atoms with E-state index in [1.807, 2.05) is 19.1 Å². The van der Waals surface area contributed by atoms with Crippen molar-refractivity contribution in [2.75, 3.05) is 5.32 Å². The van der Waals surface area contributed by atoms with Crippen molar-refractivity contribution in [3.63, 3.8) is 0 Å². The highest BCUT2D eigenvalue weighted by Gasteiger charge is 2.38. The van der Waals surface area contributed by atoms with Crippen LogP contribution in [0.25, 0.3) is 0 Å². The second-order valence-electron chi connectivity index (χ2n) is 6.89. The molecule has 1 atom stereocenters. The number of nitrogens with one attached hydrogen (secondary N) is 1. The van der Waals surface area contributed by atoms with Crippen LogP contribution in [0.4, 0.5) is 18.9 Å². The van der Waals surface area contributed by atoms with Crippen LogP contribution < -0.4 is 11.1 Å². The SMILES string of the molecule is CC1(CCc2cccc(Br)c2)N=C(N)c2ccc(C(=O)O)cc2N1.O=C(O)C(F)(F)F. The van der Waals surface area contributed by atoms with Crippen molar-refractivity contribution in [2.45, 2.75) is 31.6 Å². The average Bonchev–Trinajstić information content (AvgIpc) is 2.65. The summed E-state index contributed by atoms with van der Waals surface area (Å²) >= 11 is 3.48. The highest BCUT2D eigenvalue weighted by atomic mass is 79.9. The number of aliphatic imine (C=N–C) groups is 1. The van der Waals surface area contributed by atoms with Crippen molar-refractivity contribution >= 4 is 39.4 Å². The molecule has 11 heteroatoms. The maximum Gasteiger partial charge on any atom is 0.490 e. The fraction of sp³-hybridized carbons (Fsp3) is 0.250. The lowest BCUT2D eigenvalue weighted by molar-refractivity contribution is -0.192. The Morgan fingerprint density at radius 1 is 1.19 bits per heavy atom. The Bertz CT molecular complexity index is 1030. The second-order valence-corrected chi connectivity index (χ2v) is 7.81. The van der Waals surface area contributed by atoms with Gasteiger partial charge in [-0.05, 0) is 55.7 Å². The molecule has 2 aromatic rings. The predicted molar refractivity (Wildman–Crippen MR) is 112 cm³/mol. The van der Waals surface area contributed by atoms with Crippen LogP contribution in [-0.2, 0) is 11.2 Å². The van der Waals surface area contributed by atoms with Crippen molar-refractivity contribution in [1.29, 1.82) is 0 Å². The summed E-state index contributed by atoms with van der Waals surface area (Å²) in [4.78, 5) is 24.7. The molecular formula is C20H19BrF3N3O4. The predicted octanol–water partition coefficient (Wildman–Crippen LogP) is 4.26. The minimum Gasteiger partial charge on any atom is -0.478 e. The molecule has 0 radical (unpaired) electrons. The molecule has 0 amide bonds. The fourth-order valence-corrected chi connectivity index (χ4v) is 3.29. The van der Waals surface area contributed by atoms with Gasteiger partial charge in [0.15, 0.2) is 0 Å². The van der Waals surface area contributed by atoms with Gasteiger partial charge in [-0.25, -0.2) is 14.6 Å². The zero-order valence-electron chi connectivity index (χ0n) is 16.2. The van der Waals surface area contributed by atoms with E-state index in [4.69, 9.17) is 20.7 Å². The van der Waals surface area contributed by atoms with Crippen LogP contribution in [0.3, 0.4) is 0 Å². The van der Waals surface area contributed by atoms with Gasteiger partial charge in [-0.2, -0.15) is 13.2 Å². The Morgan fingerprint density at radius 2 is 1.84 bits per heavy atom. The third kappa shape index (κ3) is 6.71. The van der Waals surface area contributed by atoms with Gasteiger partial charge in [0.2, 0.25) is 0 Å². The van der Waals surface area contributed by atoms with Gasteiger partial charge in [0.05, 0.1) is 5.56 Å². The van der Waals surface area contributed by atoms with Crippen LogP contribution in [0.2, 0.25) is 0 Å². The molecule has 2 aromatic carbocycles. The standard InChI is InChI=1S/C18H18BrN3O2.C2HF3O2/c1-18(8-7-11-3-2-4-13(19)9-11)21-15-10-12(17(23)24)5-6-14(15)16(20)22-18;3-2(4,5)1(6)7/h2-6,9-10,21H,7-8H2,1H3,(H2,20,22)(H,23,24);(H,6,7). The number of halogens is 4. The van der Waals surface area contributed by atoms with Gasteiger partial charge in [-0.15, -0.1) is 0 Å². The number of hydrogen-bond acceptors (Lipinski definition) is 5. The number of nitrogens with two attached hydrogens (primary N) is 1. The van der Waals surface area contributed by atoms with Crippen LogP contribution in [-0.4, -0.2) is 39.8 Å². The highest BCUT2D eigenvalue weighted by molar-refractivity contribution is 9.10. The summed E-state index contributed by atoms with van der Waals surface area (Å²) in [5.74, 6) is -3.29. The second kappa shape index (κ2) is 9.38. The maximum atomic E-state index is 11.2. The first-order valence-electron chi connectivity index (χ1n) is 8.86. The van der Waals surface area contributed by atoms with Crippen molar-refractivity contribution < 1.29 is 33.0 Å². The molecule has 0 aromatic heterocycles. The first-order valence-corrected chi connectivity index (χ1v) is 9.66. The summed E-state index contributed by atoms with van der Waals surface area (Å²) in [6.45, 7) is 1.97. The maximum absolute atomic E-state index is 11.2. The van der Waals surface area contributed by atoms with Crippen LogP contribution in [0.1, 0.15) is 34.8 Å². The van der Waals surface area contributed by atoms with E-state index in [1.165, 1.54) is 11.6 Å². The summed E-state index contributed by atoms with van der Waals surface area (Å²) in [5, 5.41) is 19.6. The third-order valence-corrected chi connectivity index (χ3v) is 4.84. The summed E-state index contributed by atoms with van der Waals surface area (Å²) in [6.07, 6.45) is -3.52. The normalized spacial score (nSPS) is 17.4. The van der Waals surface area contributed by atoms with E-state index in [0.717, 1.165) is 22.9 Å². The lowest BCUT2D eigenvalue weighted by Gasteiger charge is -2.33. The molecular weight excluding hydrogens is 483 g/mol. The van der Waals surface area contributed by atoms with Gasteiger partial charge in [-0.3, -0.25) is 0 Å². The molecule has 3 rings (SSSR count). The number of aliphatic carboxylic acids is 1. The van der Waals surface area contributed by atoms with E-state index in [9.17, 15) is 18.0 Å². The van der Waals surface area contributed by atoms with E-state index >= 15 is 0 Å². The molecule has 0 saturated carbocycles. The Morgan fingerprint density at radius 3 is 2.39 bits per heavy atom. The van der Waals surface area contributed by atoms with E-state index in [1.54, 1.807) is 12.1 Å². The molecule has 1 aliphatic rings. The molecule has 5 N–H and O–H groups in total. The van der Waals surface area contributed by atoms with Gasteiger partial charge in [0, 0.05) is 15.7 Å². The molecule has 0 saturated heterocycles. The van der Waals surface area contributed by atoms with Crippen molar-refractivity contribution in [3.05, 3.63) is 63.6 Å². The first-order chi connectivity index (χ1) is 14.3. The number of rotatable bonds is 4. The molecule has 7 nitrogen and oxygen atoms in total. The van der Waals surface area contributed by atoms with Gasteiger partial charge in [-0.1, -0.05) is 28.1 Å². The number of anilines is 1. The smallest absolute Gasteiger partial charge is 0.478 e. The molecule has 0 bridgehead atoms.